The number of nitrogens with one attached hydrogen (secondary N) is 1. The fourth-order valence-electron chi connectivity index (χ4n) is 2.24. The number of nitrogens with zero attached hydrogens (tertiary/aromatic N) is 1. The molecular weight excluding hydrogens is 222 g/mol. The van der Waals surface area contributed by atoms with E-state index >= 15 is 0 Å². The van der Waals surface area contributed by atoms with Crippen molar-refractivity contribution in [1.82, 2.24) is 5.32 Å². The Labute approximate surface area is 99.3 Å². The van der Waals surface area contributed by atoms with Crippen LogP contribution in [-0.4, -0.2) is 13.1 Å². The van der Waals surface area contributed by atoms with Crippen molar-refractivity contribution < 1.29 is 8.78 Å². The average Bonchev–Trinajstić information content (AvgIpc) is 2.35. The maximum absolute atomic E-state index is 13.6. The highest BCUT2D eigenvalue weighted by molar-refractivity contribution is 5.34. The molecule has 2 nitrogen and oxygen atoms in total. The summed E-state index contributed by atoms with van der Waals surface area (Å²) >= 11 is 0. The van der Waals surface area contributed by atoms with Crippen LogP contribution in [0.5, 0.6) is 0 Å². The molecule has 2 rings (SSSR count). The van der Waals surface area contributed by atoms with Gasteiger partial charge in [-0.2, -0.15) is 5.26 Å². The lowest BCUT2D eigenvalue weighted by Gasteiger charge is -2.22. The summed E-state index contributed by atoms with van der Waals surface area (Å²) < 4.78 is 27.3. The van der Waals surface area contributed by atoms with Crippen LogP contribution in [0.1, 0.15) is 24.0 Å². The van der Waals surface area contributed by atoms with Crippen molar-refractivity contribution in [2.75, 3.05) is 13.1 Å². The van der Waals surface area contributed by atoms with Gasteiger partial charge in [-0.25, -0.2) is 8.78 Å². The third-order valence-corrected chi connectivity index (χ3v) is 3.22. The van der Waals surface area contributed by atoms with Gasteiger partial charge in [0.2, 0.25) is 0 Å². The molecule has 1 aromatic rings. The van der Waals surface area contributed by atoms with E-state index in [9.17, 15) is 8.78 Å². The van der Waals surface area contributed by atoms with Gasteiger partial charge in [-0.05, 0) is 50.4 Å². The summed E-state index contributed by atoms with van der Waals surface area (Å²) in [5, 5.41) is 11.8. The van der Waals surface area contributed by atoms with Gasteiger partial charge in [0, 0.05) is 5.56 Å². The molecule has 0 radical (unpaired) electrons. The van der Waals surface area contributed by atoms with Gasteiger partial charge in [0.15, 0.2) is 0 Å². The second kappa shape index (κ2) is 5.24. The fourth-order valence-corrected chi connectivity index (χ4v) is 2.24. The van der Waals surface area contributed by atoms with Crippen molar-refractivity contribution >= 4 is 0 Å². The van der Waals surface area contributed by atoms with Gasteiger partial charge in [-0.3, -0.25) is 0 Å². The molecule has 0 spiro atoms. The standard InChI is InChI=1S/C13H14F2N2/c14-12-6-10(8-16)7-13(15)11(12)5-9-1-3-17-4-2-9/h6-7,9,17H,1-5H2. The highest BCUT2D eigenvalue weighted by Crippen LogP contribution is 2.23. The van der Waals surface area contributed by atoms with Crippen LogP contribution in [0.2, 0.25) is 0 Å². The van der Waals surface area contributed by atoms with E-state index in [1.54, 1.807) is 6.07 Å². The number of hydrogen-bond acceptors (Lipinski definition) is 2. The smallest absolute Gasteiger partial charge is 0.130 e. The van der Waals surface area contributed by atoms with Crippen molar-refractivity contribution in [2.45, 2.75) is 19.3 Å². The molecular formula is C13H14F2N2. The van der Waals surface area contributed by atoms with Gasteiger partial charge in [0.1, 0.15) is 11.6 Å². The summed E-state index contributed by atoms with van der Waals surface area (Å²) in [6.45, 7) is 1.81. The van der Waals surface area contributed by atoms with Gasteiger partial charge < -0.3 is 5.32 Å². The summed E-state index contributed by atoms with van der Waals surface area (Å²) in [5.74, 6) is -0.867. The lowest BCUT2D eigenvalue weighted by atomic mass is 9.90. The van der Waals surface area contributed by atoms with E-state index < -0.39 is 11.6 Å². The molecule has 1 aliphatic rings. The van der Waals surface area contributed by atoms with Crippen LogP contribution in [-0.2, 0) is 6.42 Å². The Morgan fingerprint density at radius 1 is 1.24 bits per heavy atom. The van der Waals surface area contributed by atoms with Gasteiger partial charge in [0.05, 0.1) is 11.6 Å². The summed E-state index contributed by atoms with van der Waals surface area (Å²) in [4.78, 5) is 0. The first-order chi connectivity index (χ1) is 8.20. The molecule has 0 unspecified atom stereocenters. The fraction of sp³-hybridized carbons (Fsp3) is 0.462. The van der Waals surface area contributed by atoms with E-state index in [4.69, 9.17) is 5.26 Å². The topological polar surface area (TPSA) is 35.8 Å². The van der Waals surface area contributed by atoms with Gasteiger partial charge in [-0.1, -0.05) is 0 Å². The zero-order valence-corrected chi connectivity index (χ0v) is 9.47. The van der Waals surface area contributed by atoms with Crippen molar-refractivity contribution in [3.63, 3.8) is 0 Å². The Balaban J connectivity index is 2.18. The molecule has 1 aromatic carbocycles. The van der Waals surface area contributed by atoms with E-state index in [0.29, 0.717) is 12.3 Å². The number of hydrogen-bond donors (Lipinski definition) is 1. The third-order valence-electron chi connectivity index (χ3n) is 3.22. The van der Waals surface area contributed by atoms with Gasteiger partial charge in [0.25, 0.3) is 0 Å². The lowest BCUT2D eigenvalue weighted by molar-refractivity contribution is 0.363. The highest BCUT2D eigenvalue weighted by atomic mass is 19.1. The minimum Gasteiger partial charge on any atom is -0.317 e. The summed E-state index contributed by atoms with van der Waals surface area (Å²) in [6, 6.07) is 3.97. The number of piperidine rings is 1. The predicted octanol–water partition coefficient (Wildman–Crippen LogP) is 2.38. The molecule has 1 fully saturated rings. The van der Waals surface area contributed by atoms with E-state index in [0.717, 1.165) is 38.1 Å². The Morgan fingerprint density at radius 3 is 2.35 bits per heavy atom. The lowest BCUT2D eigenvalue weighted by Crippen LogP contribution is -2.29. The Morgan fingerprint density at radius 2 is 1.82 bits per heavy atom. The molecule has 1 saturated heterocycles. The first-order valence-corrected chi connectivity index (χ1v) is 5.79. The summed E-state index contributed by atoms with van der Waals surface area (Å²) in [6.07, 6.45) is 2.31. The number of rotatable bonds is 2. The molecule has 0 saturated carbocycles. The first kappa shape index (κ1) is 12.0. The normalized spacial score (nSPS) is 16.8. The molecule has 1 aliphatic heterocycles. The predicted molar refractivity (Wildman–Crippen MR) is 60.4 cm³/mol. The third kappa shape index (κ3) is 2.80. The molecule has 1 N–H and O–H groups in total. The van der Waals surface area contributed by atoms with Crippen molar-refractivity contribution in [1.29, 1.82) is 5.26 Å². The van der Waals surface area contributed by atoms with E-state index in [2.05, 4.69) is 5.32 Å². The molecule has 0 bridgehead atoms. The molecule has 0 atom stereocenters. The number of benzene rings is 1. The molecule has 4 heteroatoms. The number of nitriles is 1. The molecule has 1 heterocycles. The minimum absolute atomic E-state index is 0.0362. The van der Waals surface area contributed by atoms with Crippen LogP contribution >= 0.6 is 0 Å². The summed E-state index contributed by atoms with van der Waals surface area (Å²) in [7, 11) is 0. The average molecular weight is 236 g/mol. The summed E-state index contributed by atoms with van der Waals surface area (Å²) in [5.41, 5.74) is 0.157. The Hall–Kier alpha value is -1.47. The zero-order chi connectivity index (χ0) is 12.3. The molecule has 0 aliphatic carbocycles. The van der Waals surface area contributed by atoms with Crippen LogP contribution < -0.4 is 5.32 Å². The maximum atomic E-state index is 13.6. The zero-order valence-electron chi connectivity index (χ0n) is 9.47. The minimum atomic E-state index is -0.597. The van der Waals surface area contributed by atoms with Crippen molar-refractivity contribution in [3.05, 3.63) is 34.9 Å². The molecule has 0 aromatic heterocycles. The van der Waals surface area contributed by atoms with Crippen LogP contribution in [0.4, 0.5) is 8.78 Å². The highest BCUT2D eigenvalue weighted by Gasteiger charge is 2.18. The number of halogens is 2. The maximum Gasteiger partial charge on any atom is 0.130 e. The van der Waals surface area contributed by atoms with Crippen LogP contribution in [0, 0.1) is 28.9 Å². The van der Waals surface area contributed by atoms with E-state index in [1.807, 2.05) is 0 Å². The molecule has 17 heavy (non-hydrogen) atoms. The Bertz CT molecular complexity index is 422. The molecule has 90 valence electrons. The van der Waals surface area contributed by atoms with Gasteiger partial charge >= 0.3 is 0 Å². The van der Waals surface area contributed by atoms with Crippen LogP contribution in [0.25, 0.3) is 0 Å². The van der Waals surface area contributed by atoms with Gasteiger partial charge in [-0.15, -0.1) is 0 Å². The quantitative estimate of drug-likeness (QED) is 0.855. The second-order valence-corrected chi connectivity index (χ2v) is 4.43. The SMILES string of the molecule is N#Cc1cc(F)c(CC2CCNCC2)c(F)c1. The second-order valence-electron chi connectivity index (χ2n) is 4.43. The molecule has 0 amide bonds. The van der Waals surface area contributed by atoms with Crippen LogP contribution in [0.3, 0.4) is 0 Å². The van der Waals surface area contributed by atoms with E-state index in [-0.39, 0.29) is 11.1 Å². The largest absolute Gasteiger partial charge is 0.317 e. The Kier molecular flexibility index (Phi) is 3.70. The van der Waals surface area contributed by atoms with Crippen molar-refractivity contribution in [2.24, 2.45) is 5.92 Å². The first-order valence-electron chi connectivity index (χ1n) is 5.79. The van der Waals surface area contributed by atoms with E-state index in [1.165, 1.54) is 0 Å². The van der Waals surface area contributed by atoms with Crippen molar-refractivity contribution in [3.8, 4) is 6.07 Å². The van der Waals surface area contributed by atoms with Crippen LogP contribution in [0.15, 0.2) is 12.1 Å². The monoisotopic (exact) mass is 236 g/mol.